The van der Waals surface area contributed by atoms with E-state index in [0.29, 0.717) is 28.9 Å². The molecular weight excluding hydrogens is 380 g/mol. The number of rotatable bonds is 4. The van der Waals surface area contributed by atoms with Crippen molar-refractivity contribution in [2.75, 3.05) is 41.3 Å². The lowest BCUT2D eigenvalue weighted by molar-refractivity contribution is 0.355. The van der Waals surface area contributed by atoms with Crippen molar-refractivity contribution in [3.8, 4) is 0 Å². The van der Waals surface area contributed by atoms with Crippen LogP contribution in [0.5, 0.6) is 0 Å². The Morgan fingerprint density at radius 2 is 1.55 bits per heavy atom. The Morgan fingerprint density at radius 1 is 0.931 bits per heavy atom. The molecule has 7 heteroatoms. The van der Waals surface area contributed by atoms with E-state index in [1.807, 2.05) is 0 Å². The van der Waals surface area contributed by atoms with Crippen LogP contribution in [0.2, 0.25) is 0 Å². The van der Waals surface area contributed by atoms with Crippen LogP contribution in [0.25, 0.3) is 0 Å². The van der Waals surface area contributed by atoms with Gasteiger partial charge in [-0.2, -0.15) is 9.97 Å². The largest absolute Gasteiger partial charge is 0.360 e. The van der Waals surface area contributed by atoms with Gasteiger partial charge in [-0.15, -0.1) is 0 Å². The van der Waals surface area contributed by atoms with Crippen LogP contribution >= 0.6 is 12.2 Å². The monoisotopic (exact) mass is 416 g/mol. The van der Waals surface area contributed by atoms with Gasteiger partial charge in [0.25, 0.3) is 0 Å². The topological polar surface area (TPSA) is 56.3 Å². The number of nitrogens with one attached hydrogen (secondary N) is 2. The van der Waals surface area contributed by atoms with Gasteiger partial charge in [0.05, 0.1) is 0 Å². The summed E-state index contributed by atoms with van der Waals surface area (Å²) in [5.41, 5.74) is 0. The van der Waals surface area contributed by atoms with Crippen molar-refractivity contribution >= 4 is 34.9 Å². The fourth-order valence-corrected chi connectivity index (χ4v) is 5.43. The van der Waals surface area contributed by atoms with E-state index in [0.717, 1.165) is 37.8 Å². The van der Waals surface area contributed by atoms with E-state index >= 15 is 0 Å². The Bertz CT molecular complexity index is 689. The van der Waals surface area contributed by atoms with Crippen molar-refractivity contribution in [3.63, 3.8) is 0 Å². The lowest BCUT2D eigenvalue weighted by Crippen LogP contribution is -2.40. The summed E-state index contributed by atoms with van der Waals surface area (Å²) < 4.78 is 0. The number of thiocarbonyl (C=S) groups is 1. The number of aromatic nitrogens is 2. The van der Waals surface area contributed by atoms with Crippen LogP contribution in [-0.2, 0) is 0 Å². The minimum Gasteiger partial charge on any atom is -0.360 e. The van der Waals surface area contributed by atoms with Crippen LogP contribution in [0.3, 0.4) is 0 Å². The van der Waals surface area contributed by atoms with Crippen molar-refractivity contribution in [1.29, 1.82) is 0 Å². The fraction of sp³-hybridized carbons (Fsp3) is 0.773. The summed E-state index contributed by atoms with van der Waals surface area (Å²) >= 11 is 5.60. The van der Waals surface area contributed by atoms with Crippen molar-refractivity contribution < 1.29 is 0 Å². The second kappa shape index (κ2) is 9.45. The number of piperidine rings is 1. The third-order valence-electron chi connectivity index (χ3n) is 6.49. The minimum atomic E-state index is 0.480. The molecule has 2 saturated heterocycles. The molecule has 2 aliphatic heterocycles. The van der Waals surface area contributed by atoms with Crippen LogP contribution < -0.4 is 20.4 Å². The molecule has 0 spiro atoms. The average molecular weight is 417 g/mol. The summed E-state index contributed by atoms with van der Waals surface area (Å²) in [7, 11) is 0. The van der Waals surface area contributed by atoms with E-state index in [9.17, 15) is 0 Å². The zero-order chi connectivity index (χ0) is 20.2. The van der Waals surface area contributed by atoms with Gasteiger partial charge in [0, 0.05) is 38.3 Å². The van der Waals surface area contributed by atoms with Gasteiger partial charge >= 0.3 is 0 Å². The van der Waals surface area contributed by atoms with E-state index in [-0.39, 0.29) is 0 Å². The number of hydrogen-bond donors (Lipinski definition) is 2. The number of hydrogen-bond acceptors (Lipinski definition) is 5. The number of nitrogens with zero attached hydrogens (tertiary/aromatic N) is 4. The molecule has 0 aromatic carbocycles. The van der Waals surface area contributed by atoms with Gasteiger partial charge in [-0.25, -0.2) is 0 Å². The molecule has 2 N–H and O–H groups in total. The lowest BCUT2D eigenvalue weighted by atomic mass is 9.92. The van der Waals surface area contributed by atoms with Gasteiger partial charge in [-0.3, -0.25) is 0 Å². The Kier molecular flexibility index (Phi) is 6.73. The predicted octanol–water partition coefficient (Wildman–Crippen LogP) is 4.18. The van der Waals surface area contributed by atoms with Crippen LogP contribution in [0.1, 0.15) is 65.2 Å². The SMILES string of the molecule is C[C@@H]1C[C@@H](C)CN(c2cc(N3CCCC3)nc(NC(=S)NC3CCCCC3)n2)C1. The summed E-state index contributed by atoms with van der Waals surface area (Å²) in [5.74, 6) is 4.07. The quantitative estimate of drug-likeness (QED) is 0.714. The molecule has 2 atom stereocenters. The summed E-state index contributed by atoms with van der Waals surface area (Å²) in [6.45, 7) is 8.96. The number of anilines is 3. The third kappa shape index (κ3) is 5.50. The molecule has 1 aromatic heterocycles. The maximum absolute atomic E-state index is 5.60. The van der Waals surface area contributed by atoms with Crippen molar-refractivity contribution in [2.45, 2.75) is 71.3 Å². The zero-order valence-corrected chi connectivity index (χ0v) is 18.8. The van der Waals surface area contributed by atoms with E-state index < -0.39 is 0 Å². The highest BCUT2D eigenvalue weighted by Crippen LogP contribution is 2.29. The zero-order valence-electron chi connectivity index (χ0n) is 18.0. The summed E-state index contributed by atoms with van der Waals surface area (Å²) in [4.78, 5) is 14.5. The molecular formula is C22H36N6S. The molecule has 3 aliphatic rings. The lowest BCUT2D eigenvalue weighted by Gasteiger charge is -2.36. The molecule has 3 fully saturated rings. The summed E-state index contributed by atoms with van der Waals surface area (Å²) in [6, 6.07) is 2.66. The van der Waals surface area contributed by atoms with Crippen LogP contribution in [-0.4, -0.2) is 47.3 Å². The van der Waals surface area contributed by atoms with Crippen molar-refractivity contribution in [2.24, 2.45) is 11.8 Å². The van der Waals surface area contributed by atoms with Crippen LogP contribution in [0.4, 0.5) is 17.6 Å². The molecule has 0 radical (unpaired) electrons. The first kappa shape index (κ1) is 20.6. The Balaban J connectivity index is 1.51. The molecule has 4 rings (SSSR count). The average Bonchev–Trinajstić information content (AvgIpc) is 3.22. The Labute approximate surface area is 180 Å². The molecule has 29 heavy (non-hydrogen) atoms. The smallest absolute Gasteiger partial charge is 0.232 e. The van der Waals surface area contributed by atoms with E-state index in [4.69, 9.17) is 22.2 Å². The standard InChI is InChI=1S/C22H36N6S/c1-16-12-17(2)15-28(14-16)20-13-19(27-10-6-7-11-27)24-21(25-20)26-22(29)23-18-8-4-3-5-9-18/h13,16-18H,3-12,14-15H2,1-2H3,(H2,23,24,25,26,29)/t16-,17-/m1/s1. The Morgan fingerprint density at radius 3 is 2.21 bits per heavy atom. The van der Waals surface area contributed by atoms with Gasteiger partial charge in [0.15, 0.2) is 5.11 Å². The van der Waals surface area contributed by atoms with Crippen LogP contribution in [0.15, 0.2) is 6.07 Å². The second-order valence-corrected chi connectivity index (χ2v) is 9.79. The summed E-state index contributed by atoms with van der Waals surface area (Å²) in [5, 5.41) is 7.44. The highest BCUT2D eigenvalue weighted by molar-refractivity contribution is 7.80. The molecule has 0 bridgehead atoms. The van der Waals surface area contributed by atoms with Gasteiger partial charge < -0.3 is 20.4 Å². The molecule has 0 unspecified atom stereocenters. The first-order chi connectivity index (χ1) is 14.1. The highest BCUT2D eigenvalue weighted by atomic mass is 32.1. The molecule has 1 aliphatic carbocycles. The maximum atomic E-state index is 5.60. The molecule has 3 heterocycles. The predicted molar refractivity (Wildman–Crippen MR) is 125 cm³/mol. The van der Waals surface area contributed by atoms with Crippen molar-refractivity contribution in [3.05, 3.63) is 6.07 Å². The van der Waals surface area contributed by atoms with Gasteiger partial charge in [0.2, 0.25) is 5.95 Å². The van der Waals surface area contributed by atoms with Crippen molar-refractivity contribution in [1.82, 2.24) is 15.3 Å². The van der Waals surface area contributed by atoms with Gasteiger partial charge in [-0.05, 0) is 56.2 Å². The molecule has 1 saturated carbocycles. The van der Waals surface area contributed by atoms with E-state index in [1.165, 1.54) is 51.4 Å². The minimum absolute atomic E-state index is 0.480. The Hall–Kier alpha value is -1.63. The first-order valence-corrected chi connectivity index (χ1v) is 11.9. The van der Waals surface area contributed by atoms with E-state index in [2.05, 4.69) is 40.3 Å². The molecule has 1 aromatic rings. The molecule has 6 nitrogen and oxygen atoms in total. The summed E-state index contributed by atoms with van der Waals surface area (Å²) in [6.07, 6.45) is 10.1. The van der Waals surface area contributed by atoms with E-state index in [1.54, 1.807) is 0 Å². The first-order valence-electron chi connectivity index (χ1n) is 11.5. The third-order valence-corrected chi connectivity index (χ3v) is 6.71. The maximum Gasteiger partial charge on any atom is 0.232 e. The normalized spacial score (nSPS) is 25.9. The second-order valence-electron chi connectivity index (χ2n) is 9.39. The van der Waals surface area contributed by atoms with Gasteiger partial charge in [-0.1, -0.05) is 33.1 Å². The highest BCUT2D eigenvalue weighted by Gasteiger charge is 2.25. The van der Waals surface area contributed by atoms with Crippen LogP contribution in [0, 0.1) is 11.8 Å². The molecule has 0 amide bonds. The van der Waals surface area contributed by atoms with Gasteiger partial charge in [0.1, 0.15) is 11.6 Å². The molecule has 160 valence electrons. The fourth-order valence-electron chi connectivity index (χ4n) is 5.17.